The Hall–Kier alpha value is -5.15. The average molecular weight is 557 g/mol. The van der Waals surface area contributed by atoms with Crippen molar-refractivity contribution in [3.05, 3.63) is 143 Å². The van der Waals surface area contributed by atoms with Gasteiger partial charge in [0.05, 0.1) is 11.1 Å². The van der Waals surface area contributed by atoms with Crippen LogP contribution in [0, 0.1) is 34.6 Å². The average Bonchev–Trinajstić information content (AvgIpc) is 3.07. The van der Waals surface area contributed by atoms with Gasteiger partial charge >= 0.3 is 0 Å². The van der Waals surface area contributed by atoms with E-state index in [4.69, 9.17) is 0 Å². The highest BCUT2D eigenvalue weighted by atomic mass is 15.1. The normalized spacial score (nSPS) is 12.4. The van der Waals surface area contributed by atoms with Crippen LogP contribution in [0.3, 0.4) is 0 Å². The SMILES string of the molecule is Cc1ccccc1-c1c(C)cc(C)c2[n+]1-c1c3c(C)cc(C)c1-c1cccc[n+]1C(=C[n+]1ccccc1-3)c1ccccc1-2. The summed E-state index contributed by atoms with van der Waals surface area (Å²) in [6.07, 6.45) is 6.72. The van der Waals surface area contributed by atoms with Crippen molar-refractivity contribution in [1.82, 2.24) is 0 Å². The lowest BCUT2D eigenvalue weighted by molar-refractivity contribution is -0.588. The van der Waals surface area contributed by atoms with Gasteiger partial charge in [-0.1, -0.05) is 36.4 Å². The minimum Gasteiger partial charge on any atom is -0.160 e. The summed E-state index contributed by atoms with van der Waals surface area (Å²) in [5.41, 5.74) is 19.7. The van der Waals surface area contributed by atoms with Crippen LogP contribution < -0.4 is 13.7 Å². The quantitative estimate of drug-likeness (QED) is 0.182. The van der Waals surface area contributed by atoms with Crippen LogP contribution in [0.5, 0.6) is 0 Å². The predicted octanol–water partition coefficient (Wildman–Crippen LogP) is 7.88. The molecule has 0 aliphatic carbocycles. The second kappa shape index (κ2) is 9.43. The number of nitrogens with zero attached hydrogens (tertiary/aromatic N) is 3. The lowest BCUT2D eigenvalue weighted by Gasteiger charge is -2.20. The van der Waals surface area contributed by atoms with Gasteiger partial charge < -0.3 is 0 Å². The maximum absolute atomic E-state index is 2.61. The highest BCUT2D eigenvalue weighted by molar-refractivity contribution is 5.89. The number of pyridine rings is 3. The van der Waals surface area contributed by atoms with E-state index in [1.54, 1.807) is 0 Å². The van der Waals surface area contributed by atoms with Crippen LogP contribution in [0.25, 0.3) is 62.6 Å². The molecular formula is C40H34N3+3. The molecule has 0 fully saturated rings. The monoisotopic (exact) mass is 556 g/mol. The summed E-state index contributed by atoms with van der Waals surface area (Å²) >= 11 is 0. The number of rotatable bonds is 1. The van der Waals surface area contributed by atoms with E-state index < -0.39 is 0 Å². The van der Waals surface area contributed by atoms with Crippen LogP contribution in [0.4, 0.5) is 0 Å². The molecule has 3 aromatic carbocycles. The fraction of sp³-hybridized carbons (Fsp3) is 0.125. The molecule has 0 N–H and O–H groups in total. The first-order valence-electron chi connectivity index (χ1n) is 15.0. The molecule has 8 rings (SSSR count). The van der Waals surface area contributed by atoms with E-state index in [1.807, 2.05) is 0 Å². The van der Waals surface area contributed by atoms with Crippen molar-refractivity contribution in [3.8, 4) is 50.7 Å². The van der Waals surface area contributed by atoms with Crippen molar-refractivity contribution in [2.45, 2.75) is 34.6 Å². The Kier molecular flexibility index (Phi) is 5.61. The molecule has 0 radical (unpaired) electrons. The Balaban J connectivity index is 1.77. The van der Waals surface area contributed by atoms with Gasteiger partial charge in [0.1, 0.15) is 11.1 Å². The molecule has 43 heavy (non-hydrogen) atoms. The largest absolute Gasteiger partial charge is 0.283 e. The van der Waals surface area contributed by atoms with E-state index in [9.17, 15) is 0 Å². The Morgan fingerprint density at radius 2 is 1.02 bits per heavy atom. The Morgan fingerprint density at radius 1 is 0.465 bits per heavy atom. The molecule has 4 bridgehead atoms. The number of fused-ring (bicyclic) bond motifs is 6. The highest BCUT2D eigenvalue weighted by Gasteiger charge is 2.43. The summed E-state index contributed by atoms with van der Waals surface area (Å²) in [5.74, 6) is 0. The molecule has 206 valence electrons. The van der Waals surface area contributed by atoms with Crippen LogP contribution in [-0.2, 0) is 0 Å². The molecule has 0 saturated carbocycles. The molecule has 3 aromatic heterocycles. The third-order valence-corrected chi connectivity index (χ3v) is 9.19. The van der Waals surface area contributed by atoms with Gasteiger partial charge in [0.25, 0.3) is 5.70 Å². The first-order chi connectivity index (χ1) is 20.9. The molecule has 0 atom stereocenters. The molecule has 2 aliphatic rings. The van der Waals surface area contributed by atoms with Crippen molar-refractivity contribution in [2.75, 3.05) is 0 Å². The zero-order valence-corrected chi connectivity index (χ0v) is 25.3. The fourth-order valence-electron chi connectivity index (χ4n) is 7.44. The lowest BCUT2D eigenvalue weighted by Crippen LogP contribution is -2.41. The number of hydrogen-bond acceptors (Lipinski definition) is 0. The zero-order valence-electron chi connectivity index (χ0n) is 25.3. The fourth-order valence-corrected chi connectivity index (χ4v) is 7.44. The van der Waals surface area contributed by atoms with Crippen molar-refractivity contribution < 1.29 is 13.7 Å². The van der Waals surface area contributed by atoms with Gasteiger partial charge in [0.2, 0.25) is 34.7 Å². The summed E-state index contributed by atoms with van der Waals surface area (Å²) < 4.78 is 7.31. The molecule has 5 heterocycles. The van der Waals surface area contributed by atoms with E-state index in [2.05, 4.69) is 164 Å². The highest BCUT2D eigenvalue weighted by Crippen LogP contribution is 2.43. The summed E-state index contributed by atoms with van der Waals surface area (Å²) in [7, 11) is 0. The van der Waals surface area contributed by atoms with Gasteiger partial charge in [-0.2, -0.15) is 13.7 Å². The van der Waals surface area contributed by atoms with Gasteiger partial charge in [-0.3, -0.25) is 0 Å². The van der Waals surface area contributed by atoms with Gasteiger partial charge in [0.15, 0.2) is 12.4 Å². The van der Waals surface area contributed by atoms with Crippen molar-refractivity contribution in [1.29, 1.82) is 0 Å². The third kappa shape index (κ3) is 3.64. The third-order valence-electron chi connectivity index (χ3n) is 9.19. The van der Waals surface area contributed by atoms with Crippen LogP contribution in [0.15, 0.2) is 109 Å². The van der Waals surface area contributed by atoms with Crippen LogP contribution in [0.2, 0.25) is 0 Å². The van der Waals surface area contributed by atoms with E-state index in [0.29, 0.717) is 0 Å². The number of benzene rings is 3. The minimum absolute atomic E-state index is 1.14. The first-order valence-corrected chi connectivity index (χ1v) is 15.0. The molecule has 0 saturated heterocycles. The summed E-state index contributed by atoms with van der Waals surface area (Å²) in [4.78, 5) is 0. The maximum Gasteiger partial charge on any atom is 0.283 e. The van der Waals surface area contributed by atoms with E-state index >= 15 is 0 Å². The van der Waals surface area contributed by atoms with Gasteiger partial charge in [-0.25, -0.2) is 0 Å². The first kappa shape index (κ1) is 25.6. The zero-order chi connectivity index (χ0) is 29.4. The van der Waals surface area contributed by atoms with Crippen molar-refractivity contribution >= 4 is 11.9 Å². The minimum atomic E-state index is 1.14. The van der Waals surface area contributed by atoms with Gasteiger partial charge in [-0.05, 0) is 87.7 Å². The summed E-state index contributed by atoms with van der Waals surface area (Å²) in [6, 6.07) is 35.6. The number of aryl methyl sites for hydroxylation is 5. The smallest absolute Gasteiger partial charge is 0.160 e. The predicted molar refractivity (Wildman–Crippen MR) is 173 cm³/mol. The topological polar surface area (TPSA) is 11.6 Å². The van der Waals surface area contributed by atoms with Crippen LogP contribution in [0.1, 0.15) is 33.4 Å². The Bertz CT molecular complexity index is 2180. The second-order valence-electron chi connectivity index (χ2n) is 12.0. The van der Waals surface area contributed by atoms with Crippen molar-refractivity contribution in [2.24, 2.45) is 0 Å². The number of aromatic nitrogens is 3. The lowest BCUT2D eigenvalue weighted by atomic mass is 9.89. The van der Waals surface area contributed by atoms with Gasteiger partial charge in [0, 0.05) is 41.0 Å². The van der Waals surface area contributed by atoms with Crippen molar-refractivity contribution in [3.63, 3.8) is 0 Å². The van der Waals surface area contributed by atoms with Gasteiger partial charge in [-0.15, -0.1) is 0 Å². The summed E-state index contributed by atoms with van der Waals surface area (Å²) in [6.45, 7) is 11.3. The molecule has 0 amide bonds. The van der Waals surface area contributed by atoms with E-state index in [-0.39, 0.29) is 0 Å². The Morgan fingerprint density at radius 3 is 1.77 bits per heavy atom. The molecular weight excluding hydrogens is 522 g/mol. The summed E-state index contributed by atoms with van der Waals surface area (Å²) in [5, 5.41) is 0. The number of hydrogen-bond donors (Lipinski definition) is 0. The molecule has 3 heteroatoms. The van der Waals surface area contributed by atoms with Crippen LogP contribution in [-0.4, -0.2) is 0 Å². The molecule has 6 aromatic rings. The Labute approximate surface area is 253 Å². The molecule has 0 unspecified atom stereocenters. The molecule has 2 aliphatic heterocycles. The molecule has 0 spiro atoms. The van der Waals surface area contributed by atoms with E-state index in [1.165, 1.54) is 84.1 Å². The second-order valence-corrected chi connectivity index (χ2v) is 12.0. The van der Waals surface area contributed by atoms with Crippen LogP contribution >= 0.6 is 0 Å². The maximum atomic E-state index is 2.61. The molecule has 3 nitrogen and oxygen atoms in total. The van der Waals surface area contributed by atoms with E-state index in [0.717, 1.165) is 5.70 Å². The standard InChI is InChI=1S/C40H34N3/c1-25-14-6-7-15-30(25)38-28(4)23-29(5)39-32-17-9-8-16-31(32)35-24-41-20-12-10-18-33(41)36-26(2)22-27(3)37(40(36)43(38)39)34-19-11-13-21-42(34)35/h6-24H,1-5H3/q+3.